The van der Waals surface area contributed by atoms with Crippen molar-refractivity contribution in [3.05, 3.63) is 177 Å². The Balaban J connectivity index is 0.000000520. The van der Waals surface area contributed by atoms with E-state index in [9.17, 15) is 110 Å². The molecule has 6 aromatic rings. The monoisotopic (exact) mass is 1080 g/mol. The molecule has 4 nitrogen and oxygen atoms in total. The van der Waals surface area contributed by atoms with E-state index in [1.54, 1.807) is 17.0 Å². The molecular formula is C44H24BF24N3O. The van der Waals surface area contributed by atoms with Crippen molar-refractivity contribution in [2.24, 2.45) is 5.73 Å². The molecule has 0 bridgehead atoms. The van der Waals surface area contributed by atoms with Crippen molar-refractivity contribution >= 4 is 33.9 Å². The topological polar surface area (TPSA) is 59.9 Å². The van der Waals surface area contributed by atoms with Crippen molar-refractivity contribution in [3.8, 4) is 0 Å². The van der Waals surface area contributed by atoms with E-state index in [1.807, 2.05) is 30.3 Å². The summed E-state index contributed by atoms with van der Waals surface area (Å²) in [7, 11) is 0. The van der Waals surface area contributed by atoms with Crippen molar-refractivity contribution in [2.75, 3.05) is 0 Å². The molecule has 1 heterocycles. The van der Waals surface area contributed by atoms with Gasteiger partial charge in [-0.25, -0.2) is 0 Å². The zero-order chi connectivity index (χ0) is 55.3. The molecule has 0 aliphatic carbocycles. The van der Waals surface area contributed by atoms with Gasteiger partial charge in [0.15, 0.2) is 12.7 Å². The molecule has 0 aliphatic heterocycles. The molecule has 5 aromatic carbocycles. The quantitative estimate of drug-likeness (QED) is 0.0984. The van der Waals surface area contributed by atoms with Gasteiger partial charge in [-0.15, -0.1) is 0 Å². The number of amides is 1. The average Bonchev–Trinajstić information content (AvgIpc) is 3.24. The lowest BCUT2D eigenvalue weighted by atomic mass is 9.12. The third kappa shape index (κ3) is 13.2. The molecule has 6 rings (SSSR count). The SMILES string of the molecule is FC(F)(F)c1cc([B-](c2cc(C(F)(F)F)cc(C(F)(F)F)c2)(c2cc(C(F)(F)F)cc(C(F)(F)F)c2)c2cc(C(F)(F)F)cc(C(F)(F)F)c2)cc(C(F)(F)F)c1.NC(=O)c1cncc[n+]1Cc1ccccc1. The second-order valence-corrected chi connectivity index (χ2v) is 15.7. The summed E-state index contributed by atoms with van der Waals surface area (Å²) in [5, 5.41) is 0. The molecule has 0 atom stereocenters. The summed E-state index contributed by atoms with van der Waals surface area (Å²) in [5.41, 5.74) is -23.4. The van der Waals surface area contributed by atoms with Gasteiger partial charge in [0.05, 0.1) is 50.7 Å². The van der Waals surface area contributed by atoms with Crippen molar-refractivity contribution in [3.63, 3.8) is 0 Å². The molecule has 1 aromatic heterocycles. The molecule has 0 spiro atoms. The lowest BCUT2D eigenvalue weighted by Crippen LogP contribution is -2.75. The number of halogens is 24. The van der Waals surface area contributed by atoms with Gasteiger partial charge in [0.2, 0.25) is 0 Å². The normalized spacial score (nSPS) is 13.4. The van der Waals surface area contributed by atoms with Crippen LogP contribution in [0.15, 0.2) is 122 Å². The number of alkyl halides is 24. The lowest BCUT2D eigenvalue weighted by Gasteiger charge is -2.46. The fourth-order valence-electron chi connectivity index (χ4n) is 7.58. The van der Waals surface area contributed by atoms with Crippen molar-refractivity contribution in [1.82, 2.24) is 4.98 Å². The highest BCUT2D eigenvalue weighted by molar-refractivity contribution is 7.20. The number of carbonyl (C=O) groups is 1. The molecule has 0 saturated heterocycles. The highest BCUT2D eigenvalue weighted by atomic mass is 19.4. The molecule has 0 aliphatic rings. The van der Waals surface area contributed by atoms with Gasteiger partial charge in [0.25, 0.3) is 5.69 Å². The van der Waals surface area contributed by atoms with Gasteiger partial charge < -0.3 is 5.73 Å². The summed E-state index contributed by atoms with van der Waals surface area (Å²) in [6, 6.07) is 1.06. The first kappa shape index (κ1) is 56.9. The van der Waals surface area contributed by atoms with Crippen LogP contribution in [0, 0.1) is 0 Å². The average molecular weight is 1080 g/mol. The summed E-state index contributed by atoms with van der Waals surface area (Å²) < 4.78 is 343. The molecule has 1 amide bonds. The van der Waals surface area contributed by atoms with E-state index in [0.29, 0.717) is 12.2 Å². The Labute approximate surface area is 392 Å². The van der Waals surface area contributed by atoms with Gasteiger partial charge in [0, 0.05) is 5.56 Å². The summed E-state index contributed by atoms with van der Waals surface area (Å²) >= 11 is 0. The van der Waals surface area contributed by atoms with E-state index in [2.05, 4.69) is 4.98 Å². The second kappa shape index (κ2) is 19.5. The predicted octanol–water partition coefficient (Wildman–Crippen LogP) is 11.7. The minimum absolute atomic E-state index is 0.409. The first-order chi connectivity index (χ1) is 33.0. The summed E-state index contributed by atoms with van der Waals surface area (Å²) in [6.45, 7) is 0.613. The molecule has 73 heavy (non-hydrogen) atoms. The number of primary amides is 1. The van der Waals surface area contributed by atoms with Gasteiger partial charge in [-0.2, -0.15) is 132 Å². The van der Waals surface area contributed by atoms with E-state index < -0.39 is 201 Å². The Hall–Kier alpha value is -6.97. The molecule has 0 unspecified atom stereocenters. The fourth-order valence-corrected chi connectivity index (χ4v) is 7.58. The number of benzene rings is 5. The molecule has 0 saturated carbocycles. The number of rotatable bonds is 7. The molecule has 29 heteroatoms. The van der Waals surface area contributed by atoms with Crippen molar-refractivity contribution < 1.29 is 115 Å². The minimum atomic E-state index is -6.13. The van der Waals surface area contributed by atoms with Crippen LogP contribution in [0.4, 0.5) is 105 Å². The summed E-state index contributed by atoms with van der Waals surface area (Å²) in [4.78, 5) is 15.1. The van der Waals surface area contributed by atoms with Crippen LogP contribution in [0.3, 0.4) is 0 Å². The highest BCUT2D eigenvalue weighted by Gasteiger charge is 2.47. The third-order valence-electron chi connectivity index (χ3n) is 10.7. The van der Waals surface area contributed by atoms with Gasteiger partial charge >= 0.3 is 55.3 Å². The van der Waals surface area contributed by atoms with Crippen LogP contribution in [0.25, 0.3) is 0 Å². The Bertz CT molecular complexity index is 2530. The molecule has 392 valence electrons. The first-order valence-corrected chi connectivity index (χ1v) is 19.6. The highest BCUT2D eigenvalue weighted by Crippen LogP contribution is 2.41. The van der Waals surface area contributed by atoms with Crippen LogP contribution < -0.4 is 32.2 Å². The van der Waals surface area contributed by atoms with Gasteiger partial charge in [-0.3, -0.25) is 9.78 Å². The molecule has 0 fully saturated rings. The van der Waals surface area contributed by atoms with E-state index in [4.69, 9.17) is 5.73 Å². The minimum Gasteiger partial charge on any atom is -0.360 e. The van der Waals surface area contributed by atoms with Gasteiger partial charge in [-0.1, -0.05) is 78.9 Å². The van der Waals surface area contributed by atoms with Crippen LogP contribution in [0.2, 0.25) is 0 Å². The first-order valence-electron chi connectivity index (χ1n) is 19.6. The third-order valence-corrected chi connectivity index (χ3v) is 10.7. The fraction of sp³-hybridized carbons (Fsp3) is 0.205. The van der Waals surface area contributed by atoms with Gasteiger partial charge in [-0.05, 0) is 24.3 Å². The Kier molecular flexibility index (Phi) is 15.2. The van der Waals surface area contributed by atoms with Crippen molar-refractivity contribution in [1.29, 1.82) is 0 Å². The maximum Gasteiger partial charge on any atom is 0.416 e. The zero-order valence-electron chi connectivity index (χ0n) is 35.3. The van der Waals surface area contributed by atoms with E-state index in [-0.39, 0.29) is 0 Å². The van der Waals surface area contributed by atoms with Gasteiger partial charge in [0.1, 0.15) is 12.3 Å². The van der Waals surface area contributed by atoms with E-state index >= 15 is 0 Å². The van der Waals surface area contributed by atoms with Crippen LogP contribution in [0.5, 0.6) is 0 Å². The second-order valence-electron chi connectivity index (χ2n) is 15.7. The Morgan fingerprint density at radius 3 is 0.877 bits per heavy atom. The molecular weight excluding hydrogens is 1050 g/mol. The molecule has 0 radical (unpaired) electrons. The van der Waals surface area contributed by atoms with Crippen LogP contribution in [-0.4, -0.2) is 17.0 Å². The van der Waals surface area contributed by atoms with Crippen LogP contribution in [-0.2, 0) is 56.0 Å². The predicted molar refractivity (Wildman–Crippen MR) is 209 cm³/mol. The smallest absolute Gasteiger partial charge is 0.360 e. The maximum atomic E-state index is 14.2. The largest absolute Gasteiger partial charge is 0.416 e. The number of nitrogens with zero attached hydrogens (tertiary/aromatic N) is 2. The van der Waals surface area contributed by atoms with Crippen LogP contribution >= 0.6 is 0 Å². The van der Waals surface area contributed by atoms with E-state index in [1.165, 1.54) is 6.20 Å². The van der Waals surface area contributed by atoms with E-state index in [0.717, 1.165) is 5.56 Å². The number of carbonyl (C=O) groups excluding carboxylic acids is 1. The number of nitrogens with two attached hydrogens (primary N) is 1. The number of hydrogen-bond acceptors (Lipinski definition) is 2. The summed E-state index contributed by atoms with van der Waals surface area (Å²) in [5.74, 6) is -0.468. The van der Waals surface area contributed by atoms with Crippen LogP contribution in [0.1, 0.15) is 60.6 Å². The standard InChI is InChI=1S/C32H12BF24.C12H11N3O/c34-25(35,36)13-1-14(26(37,38)39)6-21(5-13)33(22-7-15(27(40,41)42)2-16(8-22)28(43,44)45,23-9-17(29(46,47)48)3-18(10-23)30(49,50)51)24-11-19(31(52,53)54)4-20(12-24)32(55,56)57;13-12(16)11-8-14-6-7-15(11)9-10-4-2-1-3-5-10/h1-12H;1-8H,9H2,(H-,13,16)/q-1;/p+1. The number of aromatic nitrogens is 2. The maximum absolute atomic E-state index is 14.2. The Morgan fingerprint density at radius 2 is 0.658 bits per heavy atom. The Morgan fingerprint density at radius 1 is 0.411 bits per heavy atom. The van der Waals surface area contributed by atoms with Crippen molar-refractivity contribution in [2.45, 2.75) is 56.0 Å². The lowest BCUT2D eigenvalue weighted by molar-refractivity contribution is -0.690. The zero-order valence-corrected chi connectivity index (χ0v) is 35.3. The molecule has 2 N–H and O–H groups in total. The summed E-state index contributed by atoms with van der Waals surface area (Å²) in [6.07, 6.45) is -50.0. The number of hydrogen-bond donors (Lipinski definition) is 1.